The zero-order chi connectivity index (χ0) is 22.8. The van der Waals surface area contributed by atoms with E-state index in [1.807, 2.05) is 0 Å². The smallest absolute Gasteiger partial charge is 1.00 e. The van der Waals surface area contributed by atoms with E-state index in [1.165, 1.54) is 43.5 Å². The molecule has 0 saturated heterocycles. The van der Waals surface area contributed by atoms with Crippen molar-refractivity contribution in [1.29, 1.82) is 0 Å². The first-order valence-electron chi connectivity index (χ1n) is 12.2. The van der Waals surface area contributed by atoms with E-state index in [4.69, 9.17) is 0 Å². The molecule has 0 spiro atoms. The number of fused-ring (bicyclic) bond motifs is 9. The molecule has 3 aliphatic rings. The second-order valence-electron chi connectivity index (χ2n) is 9.81. The molecular formula is C33H26Cl2Zr. The quantitative estimate of drug-likeness (QED) is 0.265. The Morgan fingerprint density at radius 3 is 2.22 bits per heavy atom. The van der Waals surface area contributed by atoms with Gasteiger partial charge in [-0.05, 0) is 0 Å². The van der Waals surface area contributed by atoms with Crippen LogP contribution in [0.4, 0.5) is 0 Å². The van der Waals surface area contributed by atoms with Gasteiger partial charge in [-0.2, -0.15) is 0 Å². The molecule has 0 fully saturated rings. The standard InChI is InChI=1S/C17H11.C13H9.C3H6.2ClH.Zr/c1-3-8-14-12(6-1)13-7-2-4-9-15(13)17-11-5-10-16(14)17;1-3-7-12-10(5-1)9-11-6-2-4-8-13(11)12;1-3-2;;;/h1-8,10H,9H2;1-5,7-8H,9H2;1-2H3;2*1H;/q;;;;;+2/p-2. The molecule has 0 bridgehead atoms. The average molecular weight is 585 g/mol. The summed E-state index contributed by atoms with van der Waals surface area (Å²) in [6.45, 7) is 4.79. The molecule has 0 N–H and O–H groups in total. The molecule has 0 heterocycles. The predicted octanol–water partition coefficient (Wildman–Crippen LogP) is -0.397. The van der Waals surface area contributed by atoms with Gasteiger partial charge in [0.25, 0.3) is 0 Å². The van der Waals surface area contributed by atoms with Crippen molar-refractivity contribution in [2.75, 3.05) is 0 Å². The molecule has 0 aliphatic heterocycles. The number of allylic oxidation sites excluding steroid dienone is 3. The zero-order valence-corrected chi connectivity index (χ0v) is 24.4. The van der Waals surface area contributed by atoms with E-state index in [0.717, 1.165) is 12.8 Å². The molecule has 4 aromatic rings. The minimum atomic E-state index is -2.32. The largest absolute Gasteiger partial charge is 1.00 e. The van der Waals surface area contributed by atoms with Crippen LogP contribution in [0.2, 0.25) is 0 Å². The summed E-state index contributed by atoms with van der Waals surface area (Å²) in [6, 6.07) is 25.1. The van der Waals surface area contributed by atoms with Crippen molar-refractivity contribution in [3.05, 3.63) is 118 Å². The Balaban J connectivity index is 0.00000133. The van der Waals surface area contributed by atoms with E-state index in [2.05, 4.69) is 111 Å². The summed E-state index contributed by atoms with van der Waals surface area (Å²) < 4.78 is 4.98. The number of hydrogen-bond acceptors (Lipinski definition) is 0. The summed E-state index contributed by atoms with van der Waals surface area (Å²) in [7, 11) is 0. The van der Waals surface area contributed by atoms with Gasteiger partial charge in [-0.15, -0.1) is 0 Å². The summed E-state index contributed by atoms with van der Waals surface area (Å²) in [6.07, 6.45) is 13.9. The Morgan fingerprint density at radius 1 is 0.694 bits per heavy atom. The third-order valence-electron chi connectivity index (χ3n) is 7.70. The van der Waals surface area contributed by atoms with Crippen LogP contribution in [0.1, 0.15) is 36.1 Å². The summed E-state index contributed by atoms with van der Waals surface area (Å²) in [5.41, 5.74) is 9.06. The normalized spacial score (nSPS) is 13.4. The third-order valence-corrected chi connectivity index (χ3v) is 15.0. The van der Waals surface area contributed by atoms with Gasteiger partial charge >= 0.3 is 209 Å². The van der Waals surface area contributed by atoms with Crippen LogP contribution in [0.15, 0.2) is 85.0 Å². The Bertz CT molecular complexity index is 1770. The molecule has 7 rings (SSSR count). The minimum absolute atomic E-state index is 0. The first-order valence-corrected chi connectivity index (χ1v) is 15.9. The molecule has 0 amide bonds. The Morgan fingerprint density at radius 2 is 1.42 bits per heavy atom. The maximum Gasteiger partial charge on any atom is -1.00 e. The summed E-state index contributed by atoms with van der Waals surface area (Å²) in [5, 5.41) is 5.67. The third kappa shape index (κ3) is 3.71. The van der Waals surface area contributed by atoms with Gasteiger partial charge in [-0.1, -0.05) is 0 Å². The second-order valence-corrected chi connectivity index (χ2v) is 16.8. The number of benzene rings is 4. The zero-order valence-electron chi connectivity index (χ0n) is 20.4. The van der Waals surface area contributed by atoms with Crippen molar-refractivity contribution >= 4 is 32.7 Å². The van der Waals surface area contributed by atoms with E-state index in [1.54, 1.807) is 20.9 Å². The number of rotatable bonds is 2. The summed E-state index contributed by atoms with van der Waals surface area (Å²) in [5.74, 6) is 0. The predicted molar refractivity (Wildman–Crippen MR) is 144 cm³/mol. The van der Waals surface area contributed by atoms with Gasteiger partial charge in [0, 0.05) is 0 Å². The Labute approximate surface area is 232 Å². The van der Waals surface area contributed by atoms with E-state index in [9.17, 15) is 0 Å². The van der Waals surface area contributed by atoms with Crippen LogP contribution >= 0.6 is 0 Å². The molecule has 4 aromatic carbocycles. The molecule has 176 valence electrons. The van der Waals surface area contributed by atoms with Crippen LogP contribution in [-0.2, 0) is 34.1 Å². The van der Waals surface area contributed by atoms with Gasteiger partial charge in [0.05, 0.1) is 0 Å². The van der Waals surface area contributed by atoms with Crippen LogP contribution < -0.4 is 38.5 Å². The first-order chi connectivity index (χ1) is 16.7. The van der Waals surface area contributed by atoms with Gasteiger partial charge in [-0.3, -0.25) is 0 Å². The fourth-order valence-corrected chi connectivity index (χ4v) is 13.5. The van der Waals surface area contributed by atoms with Crippen molar-refractivity contribution in [2.45, 2.75) is 26.7 Å². The molecule has 0 aromatic heterocycles. The van der Waals surface area contributed by atoms with E-state index < -0.39 is 21.3 Å². The average Bonchev–Trinajstić information content (AvgIpc) is 3.47. The van der Waals surface area contributed by atoms with Crippen LogP contribution in [0.5, 0.6) is 0 Å². The van der Waals surface area contributed by atoms with Gasteiger partial charge < -0.3 is 24.8 Å². The summed E-state index contributed by atoms with van der Waals surface area (Å²) >= 11 is -2.32. The maximum atomic E-state index is 2.50. The first kappa shape index (κ1) is 25.3. The van der Waals surface area contributed by atoms with Crippen LogP contribution in [-0.4, -0.2) is 3.21 Å². The maximum absolute atomic E-state index is 2.50. The van der Waals surface area contributed by atoms with Crippen molar-refractivity contribution < 1.29 is 46.1 Å². The fourth-order valence-electron chi connectivity index (χ4n) is 6.31. The monoisotopic (exact) mass is 582 g/mol. The van der Waals surface area contributed by atoms with Gasteiger partial charge in [0.15, 0.2) is 0 Å². The van der Waals surface area contributed by atoms with E-state index in [0.29, 0.717) is 0 Å². The molecule has 3 heteroatoms. The van der Waals surface area contributed by atoms with Gasteiger partial charge in [0.1, 0.15) is 0 Å². The van der Waals surface area contributed by atoms with Crippen LogP contribution in [0.25, 0.3) is 37.3 Å². The Kier molecular flexibility index (Phi) is 6.95. The van der Waals surface area contributed by atoms with E-state index >= 15 is 0 Å². The molecule has 0 atom stereocenters. The molecule has 0 nitrogen and oxygen atoms in total. The molecule has 0 radical (unpaired) electrons. The van der Waals surface area contributed by atoms with E-state index in [-0.39, 0.29) is 24.8 Å². The van der Waals surface area contributed by atoms with Gasteiger partial charge in [0.2, 0.25) is 0 Å². The van der Waals surface area contributed by atoms with Crippen LogP contribution in [0.3, 0.4) is 0 Å². The topological polar surface area (TPSA) is 0 Å². The molecule has 3 aliphatic carbocycles. The second kappa shape index (κ2) is 9.87. The van der Waals surface area contributed by atoms with Gasteiger partial charge in [-0.25, -0.2) is 0 Å². The fraction of sp³-hybridized carbons (Fsp3) is 0.121. The van der Waals surface area contributed by atoms with Crippen molar-refractivity contribution in [3.63, 3.8) is 0 Å². The molecule has 0 unspecified atom stereocenters. The molecule has 36 heavy (non-hydrogen) atoms. The molecule has 0 saturated carbocycles. The number of halogens is 2. The van der Waals surface area contributed by atoms with Crippen LogP contribution in [0, 0.1) is 0 Å². The molecular weight excluding hydrogens is 558 g/mol. The van der Waals surface area contributed by atoms with Crippen molar-refractivity contribution in [1.82, 2.24) is 0 Å². The van der Waals surface area contributed by atoms with Crippen molar-refractivity contribution in [3.8, 4) is 11.1 Å². The summed E-state index contributed by atoms with van der Waals surface area (Å²) in [4.78, 5) is 0. The minimum Gasteiger partial charge on any atom is -1.00 e. The SMILES string of the molecule is C[C](C)=[Zr+2]([C]1=CC=c2c1c1c(c3ccccc23)=CC=CC1)[c]1cccc2c1Cc1ccccc1-2.[Cl-].[Cl-]. The Hall–Kier alpha value is -2.31. The van der Waals surface area contributed by atoms with Crippen molar-refractivity contribution in [2.24, 2.45) is 0 Å². The number of hydrogen-bond donors (Lipinski definition) is 0.